The van der Waals surface area contributed by atoms with Crippen molar-refractivity contribution < 1.29 is 9.90 Å². The molecule has 0 aliphatic heterocycles. The molecule has 0 heterocycles. The molecule has 0 aromatic heterocycles. The number of carbonyl (C=O) groups is 1. The van der Waals surface area contributed by atoms with Crippen LogP contribution in [0.3, 0.4) is 0 Å². The quantitative estimate of drug-likeness (QED) is 0.737. The van der Waals surface area contributed by atoms with Crippen molar-refractivity contribution in [3.63, 3.8) is 0 Å². The monoisotopic (exact) mass is 188 g/mol. The number of hydrogen-bond donors (Lipinski definition) is 1. The van der Waals surface area contributed by atoms with Gasteiger partial charge in [-0.25, -0.2) is 0 Å². The van der Waals surface area contributed by atoms with Crippen LogP contribution in [0.1, 0.15) is 18.9 Å². The fourth-order valence-corrected chi connectivity index (χ4v) is 1.31. The second kappa shape index (κ2) is 3.97. The topological polar surface area (TPSA) is 37.3 Å². The zero-order chi connectivity index (χ0) is 10.6. The van der Waals surface area contributed by atoms with Crippen LogP contribution < -0.4 is 0 Å². The van der Waals surface area contributed by atoms with Crippen molar-refractivity contribution in [2.45, 2.75) is 18.8 Å². The van der Waals surface area contributed by atoms with Crippen molar-refractivity contribution in [2.24, 2.45) is 0 Å². The third kappa shape index (κ3) is 1.77. The molecular weight excluding hydrogens is 176 g/mol. The smallest absolute Gasteiger partial charge is 0.314 e. The van der Waals surface area contributed by atoms with Gasteiger partial charge in [0.05, 0.1) is 0 Å². The maximum Gasteiger partial charge on any atom is 0.314 e. The summed E-state index contributed by atoms with van der Waals surface area (Å²) >= 11 is 0. The summed E-state index contributed by atoms with van der Waals surface area (Å²) in [5.41, 5.74) is -0.235. The van der Waals surface area contributed by atoms with Gasteiger partial charge in [0, 0.05) is 6.42 Å². The highest BCUT2D eigenvalue weighted by molar-refractivity contribution is 5.81. The van der Waals surface area contributed by atoms with Gasteiger partial charge in [-0.1, -0.05) is 30.3 Å². The third-order valence-corrected chi connectivity index (χ3v) is 2.34. The number of hydrogen-bond acceptors (Lipinski definition) is 1. The average molecular weight is 188 g/mol. The van der Waals surface area contributed by atoms with E-state index in [9.17, 15) is 4.79 Å². The Balaban J connectivity index is 3.14. The van der Waals surface area contributed by atoms with E-state index in [1.807, 2.05) is 18.2 Å². The molecule has 0 aliphatic rings. The summed E-state index contributed by atoms with van der Waals surface area (Å²) < 4.78 is 0. The summed E-state index contributed by atoms with van der Waals surface area (Å²) in [6.45, 7) is 1.64. The van der Waals surface area contributed by atoms with E-state index in [-0.39, 0.29) is 6.42 Å². The van der Waals surface area contributed by atoms with Gasteiger partial charge in [-0.2, -0.15) is 0 Å². The Hall–Kier alpha value is -1.75. The van der Waals surface area contributed by atoms with Crippen LogP contribution in [0.15, 0.2) is 30.3 Å². The van der Waals surface area contributed by atoms with Crippen LogP contribution in [-0.4, -0.2) is 11.1 Å². The maximum atomic E-state index is 11.1. The van der Waals surface area contributed by atoms with Gasteiger partial charge < -0.3 is 5.11 Å². The summed E-state index contributed by atoms with van der Waals surface area (Å²) in [4.78, 5) is 11.1. The highest BCUT2D eigenvalue weighted by Gasteiger charge is 2.33. The van der Waals surface area contributed by atoms with Crippen molar-refractivity contribution in [3.05, 3.63) is 35.9 Å². The standard InChI is InChI=1S/C12H12O2/c1-3-9-12(2,11(13)14)10-7-5-4-6-8-10/h1,4-8H,9H2,2H3,(H,13,14). The number of rotatable bonds is 3. The number of carboxylic acid groups (broad SMARTS) is 1. The van der Waals surface area contributed by atoms with Crippen molar-refractivity contribution in [1.29, 1.82) is 0 Å². The zero-order valence-corrected chi connectivity index (χ0v) is 8.03. The van der Waals surface area contributed by atoms with Crippen molar-refractivity contribution >= 4 is 5.97 Å². The van der Waals surface area contributed by atoms with E-state index in [0.29, 0.717) is 0 Å². The minimum Gasteiger partial charge on any atom is -0.481 e. The van der Waals surface area contributed by atoms with Gasteiger partial charge in [-0.3, -0.25) is 4.79 Å². The number of carboxylic acids is 1. The summed E-state index contributed by atoms with van der Waals surface area (Å²) in [5, 5.41) is 9.12. The second-order valence-electron chi connectivity index (χ2n) is 3.38. The summed E-state index contributed by atoms with van der Waals surface area (Å²) in [6.07, 6.45) is 5.38. The molecule has 1 atom stereocenters. The largest absolute Gasteiger partial charge is 0.481 e. The Labute approximate surface area is 83.6 Å². The SMILES string of the molecule is C#CCC(C)(C(=O)O)c1ccccc1. The van der Waals surface area contributed by atoms with Gasteiger partial charge in [-0.05, 0) is 12.5 Å². The van der Waals surface area contributed by atoms with Crippen molar-refractivity contribution in [2.75, 3.05) is 0 Å². The van der Waals surface area contributed by atoms with Crippen LogP contribution in [0, 0.1) is 12.3 Å². The van der Waals surface area contributed by atoms with Gasteiger partial charge >= 0.3 is 5.97 Å². The predicted octanol–water partition coefficient (Wildman–Crippen LogP) is 2.05. The van der Waals surface area contributed by atoms with E-state index < -0.39 is 11.4 Å². The number of aliphatic carboxylic acids is 1. The molecule has 2 nitrogen and oxygen atoms in total. The molecule has 0 spiro atoms. The molecule has 1 aromatic carbocycles. The molecule has 0 saturated carbocycles. The fraction of sp³-hybridized carbons (Fsp3) is 0.250. The lowest BCUT2D eigenvalue weighted by Gasteiger charge is -2.22. The molecule has 1 rings (SSSR count). The normalized spacial score (nSPS) is 14.0. The lowest BCUT2D eigenvalue weighted by Crippen LogP contribution is -2.31. The van der Waals surface area contributed by atoms with E-state index in [0.717, 1.165) is 5.56 Å². The zero-order valence-electron chi connectivity index (χ0n) is 8.03. The Morgan fingerprint density at radius 1 is 1.50 bits per heavy atom. The summed E-state index contributed by atoms with van der Waals surface area (Å²) in [5.74, 6) is 1.52. The Morgan fingerprint density at radius 3 is 2.50 bits per heavy atom. The Kier molecular flexibility index (Phi) is 2.93. The molecule has 72 valence electrons. The van der Waals surface area contributed by atoms with Gasteiger partial charge in [-0.15, -0.1) is 12.3 Å². The Morgan fingerprint density at radius 2 is 2.07 bits per heavy atom. The number of terminal acetylenes is 1. The van der Waals surface area contributed by atoms with Crippen LogP contribution in [0.5, 0.6) is 0 Å². The van der Waals surface area contributed by atoms with Gasteiger partial charge in [0.1, 0.15) is 5.41 Å². The molecular formula is C12H12O2. The van der Waals surface area contributed by atoms with Crippen LogP contribution >= 0.6 is 0 Å². The molecule has 0 saturated heterocycles. The van der Waals surface area contributed by atoms with Gasteiger partial charge in [0.15, 0.2) is 0 Å². The first-order valence-corrected chi connectivity index (χ1v) is 4.33. The summed E-state index contributed by atoms with van der Waals surface area (Å²) in [7, 11) is 0. The lowest BCUT2D eigenvalue weighted by molar-refractivity contribution is -0.143. The Bertz CT molecular complexity index is 362. The van der Waals surface area contributed by atoms with E-state index in [4.69, 9.17) is 11.5 Å². The molecule has 0 aliphatic carbocycles. The lowest BCUT2D eigenvalue weighted by atomic mass is 9.80. The minimum absolute atomic E-state index is 0.201. The van der Waals surface area contributed by atoms with E-state index in [1.165, 1.54) is 0 Å². The molecule has 1 N–H and O–H groups in total. The minimum atomic E-state index is -0.976. The molecule has 0 fully saturated rings. The van der Waals surface area contributed by atoms with Crippen molar-refractivity contribution in [3.8, 4) is 12.3 Å². The molecule has 0 bridgehead atoms. The van der Waals surface area contributed by atoms with Crippen molar-refractivity contribution in [1.82, 2.24) is 0 Å². The first-order chi connectivity index (χ1) is 6.61. The predicted molar refractivity (Wildman–Crippen MR) is 54.9 cm³/mol. The molecule has 1 unspecified atom stereocenters. The summed E-state index contributed by atoms with van der Waals surface area (Å²) in [6, 6.07) is 9.04. The molecule has 1 aromatic rings. The van der Waals surface area contributed by atoms with Crippen LogP contribution in [-0.2, 0) is 10.2 Å². The van der Waals surface area contributed by atoms with E-state index in [2.05, 4.69) is 5.92 Å². The second-order valence-corrected chi connectivity index (χ2v) is 3.38. The molecule has 0 amide bonds. The van der Waals surface area contributed by atoms with E-state index in [1.54, 1.807) is 19.1 Å². The first kappa shape index (κ1) is 10.3. The maximum absolute atomic E-state index is 11.1. The van der Waals surface area contributed by atoms with E-state index >= 15 is 0 Å². The third-order valence-electron chi connectivity index (χ3n) is 2.34. The molecule has 0 radical (unpaired) electrons. The van der Waals surface area contributed by atoms with Gasteiger partial charge in [0.25, 0.3) is 0 Å². The molecule has 14 heavy (non-hydrogen) atoms. The fourth-order valence-electron chi connectivity index (χ4n) is 1.31. The number of benzene rings is 1. The average Bonchev–Trinajstić information content (AvgIpc) is 2.19. The van der Waals surface area contributed by atoms with Crippen LogP contribution in [0.25, 0.3) is 0 Å². The van der Waals surface area contributed by atoms with Crippen LogP contribution in [0.2, 0.25) is 0 Å². The highest BCUT2D eigenvalue weighted by Crippen LogP contribution is 2.27. The highest BCUT2D eigenvalue weighted by atomic mass is 16.4. The first-order valence-electron chi connectivity index (χ1n) is 4.33. The molecule has 2 heteroatoms. The van der Waals surface area contributed by atoms with Gasteiger partial charge in [0.2, 0.25) is 0 Å². The van der Waals surface area contributed by atoms with Crippen LogP contribution in [0.4, 0.5) is 0 Å².